The third-order valence-corrected chi connectivity index (χ3v) is 6.09. The fourth-order valence-corrected chi connectivity index (χ4v) is 4.55. The highest BCUT2D eigenvalue weighted by Crippen LogP contribution is 2.37. The van der Waals surface area contributed by atoms with Gasteiger partial charge in [-0.15, -0.1) is 0 Å². The van der Waals surface area contributed by atoms with Gasteiger partial charge in [-0.25, -0.2) is 0 Å². The van der Waals surface area contributed by atoms with Gasteiger partial charge >= 0.3 is 0 Å². The molecule has 3 unspecified atom stereocenters. The van der Waals surface area contributed by atoms with Crippen LogP contribution in [0.4, 0.5) is 0 Å². The maximum Gasteiger partial charge on any atom is 0.254 e. The molecule has 2 saturated heterocycles. The van der Waals surface area contributed by atoms with Gasteiger partial charge in [0.05, 0.1) is 12.7 Å². The lowest BCUT2D eigenvalue weighted by molar-refractivity contribution is -0.0392. The number of ether oxygens (including phenoxy) is 2. The smallest absolute Gasteiger partial charge is 0.254 e. The summed E-state index contributed by atoms with van der Waals surface area (Å²) >= 11 is 0. The van der Waals surface area contributed by atoms with Crippen molar-refractivity contribution in [3.05, 3.63) is 35.4 Å². The number of nitrogens with zero attached hydrogens (tertiary/aromatic N) is 1. The van der Waals surface area contributed by atoms with Gasteiger partial charge in [-0.1, -0.05) is 18.2 Å². The van der Waals surface area contributed by atoms with Crippen molar-refractivity contribution in [2.75, 3.05) is 26.3 Å². The zero-order valence-corrected chi connectivity index (χ0v) is 14.7. The van der Waals surface area contributed by atoms with Gasteiger partial charge in [-0.2, -0.15) is 0 Å². The van der Waals surface area contributed by atoms with Gasteiger partial charge in [0, 0.05) is 37.9 Å². The van der Waals surface area contributed by atoms with E-state index in [4.69, 9.17) is 15.2 Å². The normalized spacial score (nSPS) is 29.8. The molecule has 2 N–H and O–H groups in total. The van der Waals surface area contributed by atoms with Crippen LogP contribution in [-0.2, 0) is 16.1 Å². The van der Waals surface area contributed by atoms with E-state index in [2.05, 4.69) is 0 Å². The Bertz CT molecular complexity index is 615. The summed E-state index contributed by atoms with van der Waals surface area (Å²) < 4.78 is 11.4. The lowest BCUT2D eigenvalue weighted by Gasteiger charge is -2.24. The summed E-state index contributed by atoms with van der Waals surface area (Å²) in [5.74, 6) is 1.20. The molecule has 4 rings (SSSR count). The van der Waals surface area contributed by atoms with E-state index < -0.39 is 0 Å². The summed E-state index contributed by atoms with van der Waals surface area (Å²) in [5, 5.41) is 0. The summed E-state index contributed by atoms with van der Waals surface area (Å²) in [6.45, 7) is 3.68. The molecule has 3 aliphatic rings. The van der Waals surface area contributed by atoms with E-state index in [1.807, 2.05) is 29.2 Å². The van der Waals surface area contributed by atoms with Crippen LogP contribution in [0.3, 0.4) is 0 Å². The van der Waals surface area contributed by atoms with Crippen LogP contribution in [0, 0.1) is 11.8 Å². The predicted molar refractivity (Wildman–Crippen MR) is 95.2 cm³/mol. The first kappa shape index (κ1) is 17.0. The third-order valence-electron chi connectivity index (χ3n) is 6.09. The Morgan fingerprint density at radius 2 is 1.96 bits per heavy atom. The van der Waals surface area contributed by atoms with Crippen LogP contribution in [-0.4, -0.2) is 49.3 Å². The molecule has 3 atom stereocenters. The topological polar surface area (TPSA) is 64.8 Å². The fraction of sp³-hybridized carbons (Fsp3) is 0.650. The standard InChI is InChI=1S/C20H28N2O3/c21-19-6-5-14-11-22(12-18(14)19)20(23)17-4-2-1-3-15(17)13-25-16-7-9-24-10-8-16/h1-4,14,16,18-19H,5-13,21H2. The first-order chi connectivity index (χ1) is 12.2. The zero-order chi connectivity index (χ0) is 17.2. The molecule has 0 bridgehead atoms. The summed E-state index contributed by atoms with van der Waals surface area (Å²) in [6, 6.07) is 8.12. The number of hydrogen-bond acceptors (Lipinski definition) is 4. The highest BCUT2D eigenvalue weighted by Gasteiger charge is 2.42. The van der Waals surface area contributed by atoms with Crippen LogP contribution < -0.4 is 5.73 Å². The minimum atomic E-state index is 0.132. The Kier molecular flexibility index (Phi) is 5.06. The van der Waals surface area contributed by atoms with Crippen LogP contribution in [0.25, 0.3) is 0 Å². The average molecular weight is 344 g/mol. The Morgan fingerprint density at radius 3 is 2.76 bits per heavy atom. The lowest BCUT2D eigenvalue weighted by atomic mass is 9.98. The van der Waals surface area contributed by atoms with Crippen LogP contribution in [0.5, 0.6) is 0 Å². The number of carbonyl (C=O) groups is 1. The summed E-state index contributed by atoms with van der Waals surface area (Å²) in [5.41, 5.74) is 7.98. The molecule has 0 radical (unpaired) electrons. The molecule has 5 heteroatoms. The van der Waals surface area contributed by atoms with Gasteiger partial charge in [-0.3, -0.25) is 4.79 Å². The van der Waals surface area contributed by atoms with Crippen molar-refractivity contribution in [3.63, 3.8) is 0 Å². The number of carbonyl (C=O) groups excluding carboxylic acids is 1. The maximum absolute atomic E-state index is 13.1. The highest BCUT2D eigenvalue weighted by molar-refractivity contribution is 5.95. The number of likely N-dealkylation sites (tertiary alicyclic amines) is 1. The Hall–Kier alpha value is -1.43. The third kappa shape index (κ3) is 3.59. The van der Waals surface area contributed by atoms with E-state index in [1.54, 1.807) is 0 Å². The van der Waals surface area contributed by atoms with Crippen molar-refractivity contribution >= 4 is 5.91 Å². The molecule has 0 aromatic heterocycles. The lowest BCUT2D eigenvalue weighted by Crippen LogP contribution is -2.34. The second kappa shape index (κ2) is 7.44. The summed E-state index contributed by atoms with van der Waals surface area (Å²) in [4.78, 5) is 15.1. The van der Waals surface area contributed by atoms with Gasteiger partial charge in [0.2, 0.25) is 0 Å². The van der Waals surface area contributed by atoms with Gasteiger partial charge < -0.3 is 20.1 Å². The van der Waals surface area contributed by atoms with Crippen LogP contribution in [0.2, 0.25) is 0 Å². The number of amides is 1. The molecule has 2 heterocycles. The number of fused-ring (bicyclic) bond motifs is 1. The number of hydrogen-bond donors (Lipinski definition) is 1. The number of rotatable bonds is 4. The van der Waals surface area contributed by atoms with E-state index in [-0.39, 0.29) is 18.1 Å². The van der Waals surface area contributed by atoms with Gasteiger partial charge in [0.15, 0.2) is 0 Å². The minimum absolute atomic E-state index is 0.132. The van der Waals surface area contributed by atoms with Crippen molar-refractivity contribution in [2.24, 2.45) is 17.6 Å². The second-order valence-electron chi connectivity index (χ2n) is 7.66. The first-order valence-electron chi connectivity index (χ1n) is 9.54. The van der Waals surface area contributed by atoms with E-state index in [0.717, 1.165) is 63.1 Å². The van der Waals surface area contributed by atoms with E-state index in [1.165, 1.54) is 0 Å². The molecule has 3 fully saturated rings. The summed E-state index contributed by atoms with van der Waals surface area (Å²) in [7, 11) is 0. The molecule has 1 aromatic rings. The number of benzene rings is 1. The van der Waals surface area contributed by atoms with Gasteiger partial charge in [0.25, 0.3) is 5.91 Å². The molecule has 1 aliphatic carbocycles. The molecule has 1 aromatic carbocycles. The summed E-state index contributed by atoms with van der Waals surface area (Å²) in [6.07, 6.45) is 4.37. The Labute approximate surface area is 149 Å². The predicted octanol–water partition coefficient (Wildman–Crippen LogP) is 2.19. The van der Waals surface area contributed by atoms with Crippen molar-refractivity contribution in [3.8, 4) is 0 Å². The van der Waals surface area contributed by atoms with E-state index in [0.29, 0.717) is 18.4 Å². The SMILES string of the molecule is NC1CCC2CN(C(=O)c3ccccc3COC3CCOCC3)CC12. The Morgan fingerprint density at radius 1 is 1.16 bits per heavy atom. The van der Waals surface area contributed by atoms with E-state index in [9.17, 15) is 4.79 Å². The fourth-order valence-electron chi connectivity index (χ4n) is 4.55. The average Bonchev–Trinajstić information content (AvgIpc) is 3.23. The number of nitrogens with two attached hydrogens (primary N) is 1. The van der Waals surface area contributed by atoms with Gasteiger partial charge in [-0.05, 0) is 49.1 Å². The minimum Gasteiger partial charge on any atom is -0.381 e. The van der Waals surface area contributed by atoms with Gasteiger partial charge in [0.1, 0.15) is 0 Å². The molecule has 1 amide bonds. The molecule has 25 heavy (non-hydrogen) atoms. The van der Waals surface area contributed by atoms with Crippen molar-refractivity contribution in [1.29, 1.82) is 0 Å². The van der Waals surface area contributed by atoms with Crippen molar-refractivity contribution in [1.82, 2.24) is 4.90 Å². The first-order valence-corrected chi connectivity index (χ1v) is 9.54. The van der Waals surface area contributed by atoms with E-state index >= 15 is 0 Å². The van der Waals surface area contributed by atoms with Crippen LogP contribution in [0.15, 0.2) is 24.3 Å². The van der Waals surface area contributed by atoms with Crippen LogP contribution in [0.1, 0.15) is 41.6 Å². The van der Waals surface area contributed by atoms with Crippen molar-refractivity contribution in [2.45, 2.75) is 44.4 Å². The largest absolute Gasteiger partial charge is 0.381 e. The molecular formula is C20H28N2O3. The second-order valence-corrected chi connectivity index (χ2v) is 7.66. The molecular weight excluding hydrogens is 316 g/mol. The molecule has 5 nitrogen and oxygen atoms in total. The molecule has 136 valence electrons. The van der Waals surface area contributed by atoms with Crippen LogP contribution >= 0.6 is 0 Å². The Balaban J connectivity index is 1.42. The molecule has 0 spiro atoms. The quantitative estimate of drug-likeness (QED) is 0.909. The highest BCUT2D eigenvalue weighted by atomic mass is 16.5. The molecule has 2 aliphatic heterocycles. The molecule has 1 saturated carbocycles. The zero-order valence-electron chi connectivity index (χ0n) is 14.7. The maximum atomic E-state index is 13.1. The van der Waals surface area contributed by atoms with Crippen molar-refractivity contribution < 1.29 is 14.3 Å². The monoisotopic (exact) mass is 344 g/mol.